The van der Waals surface area contributed by atoms with Crippen molar-refractivity contribution in [2.24, 2.45) is 0 Å². The Bertz CT molecular complexity index is 641. The van der Waals surface area contributed by atoms with Gasteiger partial charge >= 0.3 is 6.03 Å². The number of carbonyl (C=O) groups excluding carboxylic acids is 1. The summed E-state index contributed by atoms with van der Waals surface area (Å²) >= 11 is 0. The van der Waals surface area contributed by atoms with E-state index in [9.17, 15) is 9.18 Å². The molecule has 0 saturated carbocycles. The third kappa shape index (κ3) is 4.20. The largest absolute Gasteiger partial charge is 0.324 e. The van der Waals surface area contributed by atoms with Crippen LogP contribution in [-0.2, 0) is 0 Å². The number of hydrogen-bond acceptors (Lipinski definition) is 2. The van der Waals surface area contributed by atoms with Crippen LogP contribution in [0.4, 0.5) is 15.0 Å². The first-order valence-corrected chi connectivity index (χ1v) is 6.06. The van der Waals surface area contributed by atoms with E-state index in [1.54, 1.807) is 30.5 Å². The molecule has 20 heavy (non-hydrogen) atoms. The van der Waals surface area contributed by atoms with Crippen molar-refractivity contribution in [1.29, 1.82) is 0 Å². The minimum absolute atomic E-state index is 0.319. The summed E-state index contributed by atoms with van der Waals surface area (Å²) in [4.78, 5) is 15.6. The summed E-state index contributed by atoms with van der Waals surface area (Å²) in [7, 11) is 0. The summed E-state index contributed by atoms with van der Waals surface area (Å²) in [5, 5.41) is 5.12. The number of rotatable bonds is 3. The van der Waals surface area contributed by atoms with Crippen LogP contribution in [0.3, 0.4) is 0 Å². The number of nitrogens with one attached hydrogen (secondary N) is 2. The Kier molecular flexibility index (Phi) is 4.44. The molecule has 4 nitrogen and oxygen atoms in total. The second-order valence-corrected chi connectivity index (χ2v) is 4.21. The minimum Gasteiger partial charge on any atom is -0.314 e. The molecular weight excluding hydrogens is 257 g/mol. The number of nitrogens with zero attached hydrogens (tertiary/aromatic N) is 1. The highest BCUT2D eigenvalue weighted by molar-refractivity contribution is 5.89. The first kappa shape index (κ1) is 13.7. The number of anilines is 1. The Morgan fingerprint density at radius 3 is 2.90 bits per heavy atom. The second kappa shape index (κ2) is 6.47. The molecule has 0 saturated heterocycles. The third-order valence-electron chi connectivity index (χ3n) is 2.50. The Morgan fingerprint density at radius 1 is 1.30 bits per heavy atom. The fourth-order valence-corrected chi connectivity index (χ4v) is 1.58. The van der Waals surface area contributed by atoms with E-state index in [0.29, 0.717) is 11.4 Å². The van der Waals surface area contributed by atoms with Crippen molar-refractivity contribution in [3.05, 3.63) is 65.7 Å². The van der Waals surface area contributed by atoms with Gasteiger partial charge in [-0.05, 0) is 48.4 Å². The predicted octanol–water partition coefficient (Wildman–Crippen LogP) is 3.32. The number of urea groups is 1. The zero-order valence-corrected chi connectivity index (χ0v) is 10.9. The van der Waals surface area contributed by atoms with Crippen molar-refractivity contribution in [2.45, 2.75) is 6.92 Å². The highest BCUT2D eigenvalue weighted by Crippen LogP contribution is 2.06. The van der Waals surface area contributed by atoms with Crippen LogP contribution in [0.25, 0.3) is 6.08 Å². The van der Waals surface area contributed by atoms with E-state index in [-0.39, 0.29) is 5.82 Å². The quantitative estimate of drug-likeness (QED) is 0.899. The molecule has 0 atom stereocenters. The average Bonchev–Trinajstić information content (AvgIpc) is 2.38. The second-order valence-electron chi connectivity index (χ2n) is 4.21. The summed E-state index contributed by atoms with van der Waals surface area (Å²) in [5.74, 6) is 0.155. The van der Waals surface area contributed by atoms with Gasteiger partial charge in [0, 0.05) is 12.4 Å². The lowest BCUT2D eigenvalue weighted by Gasteiger charge is -2.04. The molecule has 0 fully saturated rings. The van der Waals surface area contributed by atoms with Crippen LogP contribution >= 0.6 is 0 Å². The third-order valence-corrected chi connectivity index (χ3v) is 2.50. The maximum absolute atomic E-state index is 12.9. The molecule has 2 amide bonds. The maximum atomic E-state index is 12.9. The van der Waals surface area contributed by atoms with Gasteiger partial charge in [-0.2, -0.15) is 0 Å². The predicted molar refractivity (Wildman–Crippen MR) is 76.6 cm³/mol. The van der Waals surface area contributed by atoms with Crippen LogP contribution in [-0.4, -0.2) is 11.0 Å². The van der Waals surface area contributed by atoms with Gasteiger partial charge in [0.05, 0.1) is 0 Å². The zero-order chi connectivity index (χ0) is 14.4. The van der Waals surface area contributed by atoms with E-state index in [2.05, 4.69) is 15.6 Å². The number of carbonyl (C=O) groups is 1. The van der Waals surface area contributed by atoms with Gasteiger partial charge in [0.25, 0.3) is 0 Å². The summed E-state index contributed by atoms with van der Waals surface area (Å²) in [6.07, 6.45) is 4.67. The topological polar surface area (TPSA) is 54.0 Å². The van der Waals surface area contributed by atoms with Gasteiger partial charge in [-0.25, -0.2) is 14.2 Å². The van der Waals surface area contributed by atoms with Gasteiger partial charge in [0.2, 0.25) is 0 Å². The van der Waals surface area contributed by atoms with Crippen LogP contribution < -0.4 is 10.6 Å². The highest BCUT2D eigenvalue weighted by Gasteiger charge is 2.00. The lowest BCUT2D eigenvalue weighted by atomic mass is 10.2. The zero-order valence-electron chi connectivity index (χ0n) is 10.9. The smallest absolute Gasteiger partial charge is 0.314 e. The normalized spacial score (nSPS) is 10.5. The number of pyridine rings is 1. The molecule has 0 aliphatic heterocycles. The van der Waals surface area contributed by atoms with Crippen molar-refractivity contribution < 1.29 is 9.18 Å². The average molecular weight is 271 g/mol. The first-order chi connectivity index (χ1) is 9.63. The number of aromatic nitrogens is 1. The molecule has 1 aromatic carbocycles. The molecule has 0 aliphatic rings. The lowest BCUT2D eigenvalue weighted by Crippen LogP contribution is -2.24. The van der Waals surface area contributed by atoms with E-state index < -0.39 is 6.03 Å². The maximum Gasteiger partial charge on any atom is 0.324 e. The van der Waals surface area contributed by atoms with Crippen molar-refractivity contribution in [3.8, 4) is 0 Å². The van der Waals surface area contributed by atoms with E-state index in [1.807, 2.05) is 13.0 Å². The molecule has 0 unspecified atom stereocenters. The number of hydrogen-bond donors (Lipinski definition) is 2. The van der Waals surface area contributed by atoms with E-state index >= 15 is 0 Å². The van der Waals surface area contributed by atoms with Gasteiger partial charge in [-0.15, -0.1) is 0 Å². The van der Waals surface area contributed by atoms with E-state index in [1.165, 1.54) is 18.3 Å². The molecule has 2 rings (SSSR count). The fourth-order valence-electron chi connectivity index (χ4n) is 1.58. The summed E-state index contributed by atoms with van der Waals surface area (Å²) in [6, 6.07) is 9.27. The number of benzene rings is 1. The number of aryl methyl sites for hydroxylation is 1. The van der Waals surface area contributed by atoms with Crippen LogP contribution in [0.2, 0.25) is 0 Å². The molecule has 2 aromatic rings. The molecule has 0 bridgehead atoms. The van der Waals surface area contributed by atoms with Crippen LogP contribution in [0.15, 0.2) is 48.8 Å². The molecule has 1 aromatic heterocycles. The molecule has 102 valence electrons. The molecule has 5 heteroatoms. The molecule has 0 radical (unpaired) electrons. The van der Waals surface area contributed by atoms with Gasteiger partial charge in [0.15, 0.2) is 0 Å². The highest BCUT2D eigenvalue weighted by atomic mass is 19.1. The lowest BCUT2D eigenvalue weighted by molar-refractivity contribution is 0.255. The minimum atomic E-state index is -0.407. The van der Waals surface area contributed by atoms with Crippen LogP contribution in [0.1, 0.15) is 11.1 Å². The monoisotopic (exact) mass is 271 g/mol. The van der Waals surface area contributed by atoms with Crippen molar-refractivity contribution in [1.82, 2.24) is 10.3 Å². The van der Waals surface area contributed by atoms with E-state index in [4.69, 9.17) is 0 Å². The standard InChI is InChI=1S/C15H14FN3O/c1-11-5-7-17-14(9-11)19-15(20)18-8-6-12-3-2-4-13(16)10-12/h2-10H,1H3,(H2,17,18,19,20)/b8-6+. The SMILES string of the molecule is Cc1ccnc(NC(=O)N/C=C/c2cccc(F)c2)c1. The Labute approximate surface area is 116 Å². The van der Waals surface area contributed by atoms with E-state index in [0.717, 1.165) is 5.56 Å². The van der Waals surface area contributed by atoms with Gasteiger partial charge < -0.3 is 5.32 Å². The molecule has 0 aliphatic carbocycles. The summed E-state index contributed by atoms with van der Waals surface area (Å²) in [6.45, 7) is 1.91. The number of amides is 2. The fraction of sp³-hybridized carbons (Fsp3) is 0.0667. The molecule has 0 spiro atoms. The van der Waals surface area contributed by atoms with Crippen molar-refractivity contribution >= 4 is 17.9 Å². The Hall–Kier alpha value is -2.69. The molecule has 2 N–H and O–H groups in total. The molecule has 1 heterocycles. The van der Waals surface area contributed by atoms with Crippen molar-refractivity contribution in [2.75, 3.05) is 5.32 Å². The summed E-state index contributed by atoms with van der Waals surface area (Å²) in [5.41, 5.74) is 1.67. The first-order valence-electron chi connectivity index (χ1n) is 6.06. The summed E-state index contributed by atoms with van der Waals surface area (Å²) < 4.78 is 12.9. The van der Waals surface area contributed by atoms with Crippen molar-refractivity contribution in [3.63, 3.8) is 0 Å². The van der Waals surface area contributed by atoms with Gasteiger partial charge in [-0.1, -0.05) is 12.1 Å². The van der Waals surface area contributed by atoms with Gasteiger partial charge in [-0.3, -0.25) is 5.32 Å². The van der Waals surface area contributed by atoms with Crippen LogP contribution in [0.5, 0.6) is 0 Å². The van der Waals surface area contributed by atoms with Crippen LogP contribution in [0, 0.1) is 12.7 Å². The van der Waals surface area contributed by atoms with Gasteiger partial charge in [0.1, 0.15) is 11.6 Å². The molecular formula is C15H14FN3O. The Balaban J connectivity index is 1.89. The number of halogens is 1. The Morgan fingerprint density at radius 2 is 2.15 bits per heavy atom.